The van der Waals surface area contributed by atoms with Crippen LogP contribution >= 0.6 is 12.4 Å². The topological polar surface area (TPSA) is 41.1 Å². The van der Waals surface area contributed by atoms with Gasteiger partial charge in [-0.2, -0.15) is 0 Å². The molecule has 0 radical (unpaired) electrons. The average molecular weight is 177 g/mol. The molecule has 2 rings (SSSR count). The Morgan fingerprint density at radius 2 is 2.18 bits per heavy atom. The van der Waals surface area contributed by atoms with Crippen LogP contribution in [-0.2, 0) is 4.79 Å². The van der Waals surface area contributed by atoms with Gasteiger partial charge in [-0.05, 0) is 13.0 Å². The Balaban J connectivity index is 0.000000605. The fraction of sp³-hybridized carbons (Fsp3) is 0.857. The molecule has 64 valence electrons. The summed E-state index contributed by atoms with van der Waals surface area (Å²) >= 11 is 0. The van der Waals surface area contributed by atoms with Gasteiger partial charge in [-0.15, -0.1) is 12.4 Å². The molecule has 0 spiro atoms. The van der Waals surface area contributed by atoms with Gasteiger partial charge in [0.25, 0.3) is 0 Å². The highest BCUT2D eigenvalue weighted by Crippen LogP contribution is 2.22. The van der Waals surface area contributed by atoms with Gasteiger partial charge in [-0.3, -0.25) is 4.79 Å². The average Bonchev–Trinajstić information content (AvgIpc) is 2.34. The maximum absolute atomic E-state index is 11.1. The van der Waals surface area contributed by atoms with Gasteiger partial charge in [0.15, 0.2) is 0 Å². The molecule has 2 aliphatic heterocycles. The van der Waals surface area contributed by atoms with Crippen LogP contribution in [0, 0.1) is 11.8 Å². The zero-order valence-corrected chi connectivity index (χ0v) is 7.12. The van der Waals surface area contributed by atoms with Gasteiger partial charge in [0.1, 0.15) is 0 Å². The van der Waals surface area contributed by atoms with Gasteiger partial charge in [0.05, 0.1) is 0 Å². The van der Waals surface area contributed by atoms with E-state index in [1.54, 1.807) is 0 Å². The molecule has 2 fully saturated rings. The Morgan fingerprint density at radius 3 is 2.91 bits per heavy atom. The van der Waals surface area contributed by atoms with Gasteiger partial charge >= 0.3 is 0 Å². The first kappa shape index (κ1) is 8.81. The lowest BCUT2D eigenvalue weighted by Gasteiger charge is -2.22. The Bertz CT molecular complexity index is 163. The summed E-state index contributed by atoms with van der Waals surface area (Å²) in [7, 11) is 0. The second-order valence-electron chi connectivity index (χ2n) is 3.10. The minimum Gasteiger partial charge on any atom is -0.355 e. The molecule has 0 saturated carbocycles. The number of carbonyl (C=O) groups excluding carboxylic acids is 1. The molecule has 2 heterocycles. The smallest absolute Gasteiger partial charge is 0.223 e. The lowest BCUT2D eigenvalue weighted by molar-refractivity contribution is -0.123. The highest BCUT2D eigenvalue weighted by Gasteiger charge is 2.35. The van der Waals surface area contributed by atoms with Crippen molar-refractivity contribution in [1.82, 2.24) is 10.6 Å². The van der Waals surface area contributed by atoms with Crippen molar-refractivity contribution >= 4 is 18.3 Å². The van der Waals surface area contributed by atoms with Gasteiger partial charge in [0.2, 0.25) is 5.91 Å². The van der Waals surface area contributed by atoms with Crippen LogP contribution < -0.4 is 10.6 Å². The van der Waals surface area contributed by atoms with E-state index in [1.165, 1.54) is 0 Å². The summed E-state index contributed by atoms with van der Waals surface area (Å²) in [6, 6.07) is 0. The summed E-state index contributed by atoms with van der Waals surface area (Å²) in [4.78, 5) is 11.1. The van der Waals surface area contributed by atoms with E-state index in [0.29, 0.717) is 11.8 Å². The number of halogens is 1. The highest BCUT2D eigenvalue weighted by molar-refractivity contribution is 5.85. The van der Waals surface area contributed by atoms with E-state index in [4.69, 9.17) is 0 Å². The summed E-state index contributed by atoms with van der Waals surface area (Å²) < 4.78 is 0. The molecule has 1 amide bonds. The summed E-state index contributed by atoms with van der Waals surface area (Å²) in [5.74, 6) is 1.16. The molecule has 0 aromatic heterocycles. The van der Waals surface area contributed by atoms with Crippen LogP contribution in [-0.4, -0.2) is 25.5 Å². The zero-order chi connectivity index (χ0) is 6.97. The third-order valence-electron chi connectivity index (χ3n) is 2.48. The molecule has 0 aromatic carbocycles. The molecule has 0 bridgehead atoms. The number of hydrogen-bond donors (Lipinski definition) is 2. The van der Waals surface area contributed by atoms with E-state index in [9.17, 15) is 4.79 Å². The van der Waals surface area contributed by atoms with Gasteiger partial charge in [-0.1, -0.05) is 0 Å². The number of amides is 1. The first-order chi connectivity index (χ1) is 4.88. The van der Waals surface area contributed by atoms with Crippen LogP contribution in [0.2, 0.25) is 0 Å². The summed E-state index contributed by atoms with van der Waals surface area (Å²) in [6.45, 7) is 2.91. The number of carbonyl (C=O) groups is 1. The largest absolute Gasteiger partial charge is 0.355 e. The first-order valence-electron chi connectivity index (χ1n) is 3.86. The zero-order valence-electron chi connectivity index (χ0n) is 6.30. The van der Waals surface area contributed by atoms with Gasteiger partial charge in [0, 0.05) is 24.9 Å². The minimum absolute atomic E-state index is 0. The Labute approximate surface area is 72.3 Å². The third kappa shape index (κ3) is 1.49. The van der Waals surface area contributed by atoms with Crippen molar-refractivity contribution in [1.29, 1.82) is 0 Å². The van der Waals surface area contributed by atoms with Crippen molar-refractivity contribution in [2.45, 2.75) is 6.42 Å². The fourth-order valence-corrected chi connectivity index (χ4v) is 1.85. The lowest BCUT2D eigenvalue weighted by Crippen LogP contribution is -2.36. The van der Waals surface area contributed by atoms with Crippen LogP contribution in [0.15, 0.2) is 0 Å². The van der Waals surface area contributed by atoms with Crippen molar-refractivity contribution in [2.75, 3.05) is 19.6 Å². The molecule has 2 N–H and O–H groups in total. The number of fused-ring (bicyclic) bond motifs is 1. The summed E-state index contributed by atoms with van der Waals surface area (Å²) in [5.41, 5.74) is 0. The second-order valence-corrected chi connectivity index (χ2v) is 3.10. The van der Waals surface area contributed by atoms with E-state index in [0.717, 1.165) is 26.1 Å². The maximum Gasteiger partial charge on any atom is 0.223 e. The molecule has 3 nitrogen and oxygen atoms in total. The molecular formula is C7H13ClN2O. The van der Waals surface area contributed by atoms with Crippen LogP contribution in [0.1, 0.15) is 6.42 Å². The number of rotatable bonds is 0. The van der Waals surface area contributed by atoms with E-state index >= 15 is 0 Å². The van der Waals surface area contributed by atoms with Crippen molar-refractivity contribution in [3.8, 4) is 0 Å². The molecule has 2 unspecified atom stereocenters. The predicted molar refractivity (Wildman–Crippen MR) is 44.7 cm³/mol. The lowest BCUT2D eigenvalue weighted by atomic mass is 9.89. The van der Waals surface area contributed by atoms with Crippen LogP contribution in [0.4, 0.5) is 0 Å². The van der Waals surface area contributed by atoms with Gasteiger partial charge < -0.3 is 10.6 Å². The van der Waals surface area contributed by atoms with Crippen LogP contribution in [0.25, 0.3) is 0 Å². The van der Waals surface area contributed by atoms with E-state index in [1.807, 2.05) is 0 Å². The highest BCUT2D eigenvalue weighted by atomic mass is 35.5. The molecule has 11 heavy (non-hydrogen) atoms. The molecule has 4 heteroatoms. The summed E-state index contributed by atoms with van der Waals surface area (Å²) in [6.07, 6.45) is 1.02. The fourth-order valence-electron chi connectivity index (χ4n) is 1.85. The molecule has 2 saturated heterocycles. The standard InChI is InChI=1S/C7H12N2O.ClH/c10-7-6-1-2-8-3-5(6)4-9-7;/h5-6,8H,1-4H2,(H,9,10);1H. The molecule has 2 aliphatic rings. The van der Waals surface area contributed by atoms with Crippen molar-refractivity contribution in [3.05, 3.63) is 0 Å². The minimum atomic E-state index is 0. The molecule has 0 aromatic rings. The van der Waals surface area contributed by atoms with Crippen molar-refractivity contribution in [2.24, 2.45) is 11.8 Å². The maximum atomic E-state index is 11.1. The molecule has 0 aliphatic carbocycles. The first-order valence-corrected chi connectivity index (χ1v) is 3.86. The summed E-state index contributed by atoms with van der Waals surface area (Å²) in [5, 5.41) is 6.17. The van der Waals surface area contributed by atoms with Gasteiger partial charge in [-0.25, -0.2) is 0 Å². The quantitative estimate of drug-likeness (QED) is 0.535. The van der Waals surface area contributed by atoms with Crippen molar-refractivity contribution in [3.63, 3.8) is 0 Å². The Morgan fingerprint density at radius 1 is 1.36 bits per heavy atom. The number of hydrogen-bond acceptors (Lipinski definition) is 2. The Kier molecular flexibility index (Phi) is 2.73. The third-order valence-corrected chi connectivity index (χ3v) is 2.48. The Hall–Kier alpha value is -0.280. The SMILES string of the molecule is Cl.O=C1NCC2CNCCC12. The van der Waals surface area contributed by atoms with E-state index in [-0.39, 0.29) is 18.3 Å². The number of piperidine rings is 1. The van der Waals surface area contributed by atoms with Crippen molar-refractivity contribution < 1.29 is 4.79 Å². The van der Waals surface area contributed by atoms with Crippen LogP contribution in [0.3, 0.4) is 0 Å². The normalized spacial score (nSPS) is 35.5. The molecular weight excluding hydrogens is 164 g/mol. The van der Waals surface area contributed by atoms with E-state index < -0.39 is 0 Å². The second kappa shape index (κ2) is 3.41. The van der Waals surface area contributed by atoms with Crippen LogP contribution in [0.5, 0.6) is 0 Å². The van der Waals surface area contributed by atoms with E-state index in [2.05, 4.69) is 10.6 Å². The predicted octanol–water partition coefficient (Wildman–Crippen LogP) is -0.236. The number of nitrogens with one attached hydrogen (secondary N) is 2. The molecule has 2 atom stereocenters. The monoisotopic (exact) mass is 176 g/mol.